The van der Waals surface area contributed by atoms with Crippen molar-refractivity contribution in [1.29, 1.82) is 0 Å². The van der Waals surface area contributed by atoms with Gasteiger partial charge in [0.2, 0.25) is 11.8 Å². The van der Waals surface area contributed by atoms with Crippen LogP contribution in [0.4, 0.5) is 27.6 Å². The molecule has 1 aliphatic carbocycles. The molecule has 0 spiro atoms. The highest BCUT2D eigenvalue weighted by atomic mass is 19.4. The average Bonchev–Trinajstić information content (AvgIpc) is 3.71. The number of hydrogen-bond acceptors (Lipinski definition) is 8. The lowest BCUT2D eigenvalue weighted by atomic mass is 9.83. The number of rotatable bonds is 8. The number of aromatic nitrogens is 5. The van der Waals surface area contributed by atoms with Gasteiger partial charge in [0.05, 0.1) is 47.9 Å². The van der Waals surface area contributed by atoms with Crippen molar-refractivity contribution < 1.29 is 41.1 Å². The number of carbonyl (C=O) groups excluding carboxylic acids is 3. The Hall–Kier alpha value is -5.65. The van der Waals surface area contributed by atoms with Gasteiger partial charge in [-0.05, 0) is 80.8 Å². The van der Waals surface area contributed by atoms with Gasteiger partial charge in [0, 0.05) is 37.7 Å². The van der Waals surface area contributed by atoms with E-state index in [0.717, 1.165) is 37.8 Å². The third-order valence-corrected chi connectivity index (χ3v) is 11.8. The van der Waals surface area contributed by atoms with Crippen molar-refractivity contribution in [3.05, 3.63) is 82.2 Å². The number of amides is 3. The van der Waals surface area contributed by atoms with Crippen LogP contribution in [0.5, 0.6) is 5.75 Å². The normalized spacial score (nSPS) is 22.9. The molecule has 13 nitrogen and oxygen atoms in total. The third kappa shape index (κ3) is 7.33. The molecular weight excluding hydrogens is 767 g/mol. The Morgan fingerprint density at radius 3 is 2.48 bits per heavy atom. The highest BCUT2D eigenvalue weighted by Crippen LogP contribution is 2.44. The fourth-order valence-electron chi connectivity index (χ4n) is 8.92. The highest BCUT2D eigenvalue weighted by Gasteiger charge is 2.47. The van der Waals surface area contributed by atoms with Crippen LogP contribution < -0.4 is 21.1 Å². The topological polar surface area (TPSA) is 145 Å². The Balaban J connectivity index is 0.908. The van der Waals surface area contributed by atoms with Crippen LogP contribution >= 0.6 is 0 Å². The minimum atomic E-state index is -4.70. The first-order valence-corrected chi connectivity index (χ1v) is 19.2. The smallest absolute Gasteiger partial charge is 0.433 e. The van der Waals surface area contributed by atoms with Crippen molar-refractivity contribution in [3.8, 4) is 5.75 Å². The molecule has 3 fully saturated rings. The lowest BCUT2D eigenvalue weighted by Gasteiger charge is -2.41. The number of ether oxygens (including phenoxy) is 1. The zero-order valence-corrected chi connectivity index (χ0v) is 31.7. The zero-order chi connectivity index (χ0) is 41.1. The van der Waals surface area contributed by atoms with Crippen LogP contribution in [0.25, 0.3) is 21.9 Å². The van der Waals surface area contributed by atoms with E-state index in [9.17, 15) is 32.3 Å². The molecule has 3 amide bonds. The fourth-order valence-corrected chi connectivity index (χ4v) is 8.92. The van der Waals surface area contributed by atoms with Gasteiger partial charge in [0.1, 0.15) is 23.2 Å². The summed E-state index contributed by atoms with van der Waals surface area (Å²) in [4.78, 5) is 56.0. The minimum absolute atomic E-state index is 0.0498. The second kappa shape index (κ2) is 14.9. The molecule has 1 saturated carbocycles. The number of aryl methyl sites for hydroxylation is 1. The molecule has 3 aliphatic rings. The minimum Gasteiger partial charge on any atom is -0.494 e. The van der Waals surface area contributed by atoms with Crippen molar-refractivity contribution in [3.63, 3.8) is 0 Å². The Labute approximate surface area is 328 Å². The molecule has 2 atom stereocenters. The summed E-state index contributed by atoms with van der Waals surface area (Å²) in [5, 5.41) is 10.3. The zero-order valence-electron chi connectivity index (χ0n) is 31.7. The van der Waals surface area contributed by atoms with Crippen LogP contribution in [-0.4, -0.2) is 79.2 Å². The second-order valence-corrected chi connectivity index (χ2v) is 15.5. The summed E-state index contributed by atoms with van der Waals surface area (Å²) in [5.41, 5.74) is -0.120. The van der Waals surface area contributed by atoms with Crippen molar-refractivity contribution >= 4 is 45.3 Å². The number of benzene rings is 2. The van der Waals surface area contributed by atoms with Crippen molar-refractivity contribution in [1.82, 2.24) is 34.1 Å². The van der Waals surface area contributed by atoms with Crippen LogP contribution in [0, 0.1) is 5.92 Å². The van der Waals surface area contributed by atoms with E-state index in [0.29, 0.717) is 40.6 Å². The third-order valence-electron chi connectivity index (χ3n) is 11.8. The van der Waals surface area contributed by atoms with Gasteiger partial charge in [-0.2, -0.15) is 18.3 Å². The maximum Gasteiger partial charge on any atom is 0.433 e. The van der Waals surface area contributed by atoms with Gasteiger partial charge < -0.3 is 10.1 Å². The molecule has 5 aromatic rings. The van der Waals surface area contributed by atoms with Gasteiger partial charge in [0.15, 0.2) is 0 Å². The Morgan fingerprint density at radius 2 is 1.78 bits per heavy atom. The monoisotopic (exact) mass is 808 g/mol. The summed E-state index contributed by atoms with van der Waals surface area (Å²) in [5.74, 6) is -5.58. The van der Waals surface area contributed by atoms with E-state index in [1.807, 2.05) is 15.8 Å². The molecule has 306 valence electrons. The molecule has 5 heterocycles. The number of imidazole rings is 1. The quantitative estimate of drug-likeness (QED) is 0.139. The summed E-state index contributed by atoms with van der Waals surface area (Å²) >= 11 is 0. The number of fused-ring (bicyclic) bond motifs is 2. The number of nitrogens with zero attached hydrogens (tertiary/aromatic N) is 6. The predicted octanol–water partition coefficient (Wildman–Crippen LogP) is 6.20. The number of halogens is 5. The van der Waals surface area contributed by atoms with Crippen LogP contribution in [0.3, 0.4) is 0 Å². The number of likely N-dealkylation sites (tertiary alicyclic amines) is 1. The molecule has 0 bridgehead atoms. The van der Waals surface area contributed by atoms with Gasteiger partial charge in [-0.3, -0.25) is 38.4 Å². The first-order valence-electron chi connectivity index (χ1n) is 19.2. The van der Waals surface area contributed by atoms with Gasteiger partial charge >= 0.3 is 11.9 Å². The molecule has 18 heteroatoms. The summed E-state index contributed by atoms with van der Waals surface area (Å²) < 4.78 is 81.8. The number of nitrogens with one attached hydrogen (secondary N) is 2. The number of carbonyl (C=O) groups is 3. The molecular formula is C40H41F5N8O5. The molecule has 2 saturated heterocycles. The van der Waals surface area contributed by atoms with Gasteiger partial charge in [-0.1, -0.05) is 18.2 Å². The van der Waals surface area contributed by atoms with E-state index in [1.54, 1.807) is 30.3 Å². The van der Waals surface area contributed by atoms with Gasteiger partial charge in [-0.25, -0.2) is 18.6 Å². The van der Waals surface area contributed by atoms with Crippen LogP contribution in [-0.2, 0) is 22.8 Å². The van der Waals surface area contributed by atoms with E-state index in [2.05, 4.69) is 15.6 Å². The van der Waals surface area contributed by atoms with E-state index in [1.165, 1.54) is 29.4 Å². The lowest BCUT2D eigenvalue weighted by Crippen LogP contribution is -2.49. The van der Waals surface area contributed by atoms with Crippen molar-refractivity contribution in [2.24, 2.45) is 13.0 Å². The SMILES string of the molecule is COc1cc2nn([C@H]3CC[C@H](CN4CCC(c5cccc6c5n(C)c(=O)n6C5CCC(=O)NC5=O)C(F)(F)C4)CC3)cc2cc1NC(=O)c1cccc(C(F)(F)F)n1. The fraction of sp³-hybridized carbons (Fsp3) is 0.450. The lowest BCUT2D eigenvalue weighted by molar-refractivity contribution is -0.141. The number of alkyl halides is 5. The summed E-state index contributed by atoms with van der Waals surface area (Å²) in [6.45, 7) is 0.546. The first-order chi connectivity index (χ1) is 27.6. The first kappa shape index (κ1) is 39.2. The van der Waals surface area contributed by atoms with Crippen molar-refractivity contribution in [2.45, 2.75) is 75.0 Å². The molecule has 58 heavy (non-hydrogen) atoms. The number of para-hydroxylation sites is 1. The molecule has 0 radical (unpaired) electrons. The standard InChI is InChI=1S/C40H41F5N8O5/c1-50-35-25(5-3-7-30(35)53(38(50)57)31-13-14-34(54)48-37(31)56)26-15-16-51(21-39(26,41)42)19-22-9-11-24(12-10-22)52-20-23-17-29(32(58-2)18-28(23)49-52)47-36(55)27-6-4-8-33(46-27)40(43,44)45/h3-8,17-18,20,22,24,26,31H,9-16,19,21H2,1-2H3,(H,47,55)(H,48,54,56)/t22-,24-,26?,31?. The highest BCUT2D eigenvalue weighted by molar-refractivity contribution is 6.05. The Kier molecular flexibility index (Phi) is 10.1. The van der Waals surface area contributed by atoms with Gasteiger partial charge in [-0.15, -0.1) is 0 Å². The summed E-state index contributed by atoms with van der Waals surface area (Å²) in [6, 6.07) is 10.4. The molecule has 3 aromatic heterocycles. The van der Waals surface area contributed by atoms with Crippen LogP contribution in [0.15, 0.2) is 59.5 Å². The average molecular weight is 809 g/mol. The second-order valence-electron chi connectivity index (χ2n) is 15.5. The molecule has 8 rings (SSSR count). The molecule has 2 aromatic carbocycles. The van der Waals surface area contributed by atoms with Gasteiger partial charge in [0.25, 0.3) is 11.8 Å². The maximum atomic E-state index is 16.1. The maximum absolute atomic E-state index is 16.1. The molecule has 2 unspecified atom stereocenters. The number of imide groups is 1. The number of methoxy groups -OCH3 is 1. The molecule has 2 N–H and O–H groups in total. The number of anilines is 1. The predicted molar refractivity (Wildman–Crippen MR) is 202 cm³/mol. The van der Waals surface area contributed by atoms with E-state index in [4.69, 9.17) is 9.84 Å². The van der Waals surface area contributed by atoms with E-state index >= 15 is 8.78 Å². The van der Waals surface area contributed by atoms with Crippen LogP contribution in [0.1, 0.15) is 84.7 Å². The number of pyridine rings is 1. The van der Waals surface area contributed by atoms with E-state index in [-0.39, 0.29) is 42.7 Å². The number of hydrogen-bond donors (Lipinski definition) is 2. The van der Waals surface area contributed by atoms with E-state index < -0.39 is 65.4 Å². The Morgan fingerprint density at radius 1 is 1.02 bits per heavy atom. The Bertz CT molecular complexity index is 2480. The number of piperidine rings is 2. The van der Waals surface area contributed by atoms with Crippen LogP contribution in [0.2, 0.25) is 0 Å². The van der Waals surface area contributed by atoms with Crippen molar-refractivity contribution in [2.75, 3.05) is 32.1 Å². The summed E-state index contributed by atoms with van der Waals surface area (Å²) in [7, 11) is 2.93. The summed E-state index contributed by atoms with van der Waals surface area (Å²) in [6.07, 6.45) is 0.698. The molecule has 2 aliphatic heterocycles. The largest absolute Gasteiger partial charge is 0.494 e.